The summed E-state index contributed by atoms with van der Waals surface area (Å²) in [6.45, 7) is 1.20. The van der Waals surface area contributed by atoms with Crippen molar-refractivity contribution < 1.29 is 24.0 Å². The zero-order valence-corrected chi connectivity index (χ0v) is 15.9. The number of carbonyl (C=O) groups is 2. The molecule has 1 aromatic carbocycles. The molecule has 28 heavy (non-hydrogen) atoms. The number of benzene rings is 1. The molecule has 0 bridgehead atoms. The maximum atomic E-state index is 13.2. The lowest BCUT2D eigenvalue weighted by Gasteiger charge is -2.24. The number of quaternary nitrogens is 1. The summed E-state index contributed by atoms with van der Waals surface area (Å²) >= 11 is 0. The Hall–Kier alpha value is -3.06. The topological polar surface area (TPSA) is 74.9 Å². The van der Waals surface area contributed by atoms with Gasteiger partial charge < -0.3 is 14.9 Å². The van der Waals surface area contributed by atoms with Gasteiger partial charge in [0.2, 0.25) is 0 Å². The third-order valence-electron chi connectivity index (χ3n) is 4.70. The third kappa shape index (κ3) is 3.94. The average molecular weight is 384 g/mol. The van der Waals surface area contributed by atoms with E-state index >= 15 is 0 Å². The summed E-state index contributed by atoms with van der Waals surface area (Å²) in [7, 11) is 4.03. The first-order valence-corrected chi connectivity index (χ1v) is 9.14. The number of aliphatic hydroxyl groups is 1. The molecule has 0 unspecified atom stereocenters. The van der Waals surface area contributed by atoms with Gasteiger partial charge in [0.15, 0.2) is 0 Å². The lowest BCUT2D eigenvalue weighted by molar-refractivity contribution is -0.858. The van der Waals surface area contributed by atoms with E-state index in [1.54, 1.807) is 24.4 Å². The third-order valence-corrected chi connectivity index (χ3v) is 4.70. The van der Waals surface area contributed by atoms with E-state index in [0.717, 1.165) is 6.54 Å². The molecule has 1 saturated heterocycles. The van der Waals surface area contributed by atoms with Crippen LogP contribution in [0.25, 0.3) is 5.76 Å². The van der Waals surface area contributed by atoms with Gasteiger partial charge in [-0.15, -0.1) is 0 Å². The molecule has 0 saturated carbocycles. The number of aromatic nitrogens is 1. The number of aliphatic hydroxyl groups excluding tert-OH is 1. The fourth-order valence-electron chi connectivity index (χ4n) is 3.32. The van der Waals surface area contributed by atoms with Gasteiger partial charge in [0.05, 0.1) is 31.9 Å². The van der Waals surface area contributed by atoms with Crippen LogP contribution in [0.5, 0.6) is 0 Å². The van der Waals surface area contributed by atoms with Crippen molar-refractivity contribution in [3.8, 4) is 0 Å². The highest BCUT2D eigenvalue weighted by molar-refractivity contribution is 6.46. The van der Waals surface area contributed by atoms with Crippen molar-refractivity contribution in [1.82, 2.24) is 9.88 Å². The molecule has 6 nitrogen and oxygen atoms in total. The van der Waals surface area contributed by atoms with Crippen molar-refractivity contribution in [2.24, 2.45) is 0 Å². The molecule has 2 N–H and O–H groups in total. The van der Waals surface area contributed by atoms with Gasteiger partial charge in [0, 0.05) is 24.7 Å². The molecule has 1 fully saturated rings. The van der Waals surface area contributed by atoms with Gasteiger partial charge in [0.25, 0.3) is 11.7 Å². The van der Waals surface area contributed by atoms with E-state index in [1.807, 2.05) is 14.1 Å². The van der Waals surface area contributed by atoms with Crippen molar-refractivity contribution in [2.75, 3.05) is 27.2 Å². The van der Waals surface area contributed by atoms with E-state index in [-0.39, 0.29) is 16.9 Å². The van der Waals surface area contributed by atoms with Gasteiger partial charge in [-0.1, -0.05) is 6.07 Å². The summed E-state index contributed by atoms with van der Waals surface area (Å²) in [6, 6.07) is 9.60. The molecule has 3 rings (SSSR count). The molecule has 1 amide bonds. The first-order chi connectivity index (χ1) is 13.4. The number of amides is 1. The minimum absolute atomic E-state index is 0.0208. The molecule has 1 aliphatic heterocycles. The lowest BCUT2D eigenvalue weighted by Crippen LogP contribution is -3.05. The highest BCUT2D eigenvalue weighted by Gasteiger charge is 2.46. The molecular weight excluding hydrogens is 361 g/mol. The number of carbonyl (C=O) groups excluding carboxylic acids is 2. The summed E-state index contributed by atoms with van der Waals surface area (Å²) in [4.78, 5) is 32.5. The fourth-order valence-corrected chi connectivity index (χ4v) is 3.32. The number of halogens is 1. The highest BCUT2D eigenvalue weighted by Crippen LogP contribution is 2.38. The van der Waals surface area contributed by atoms with Crippen LogP contribution in [0.1, 0.15) is 23.7 Å². The highest BCUT2D eigenvalue weighted by atomic mass is 19.1. The van der Waals surface area contributed by atoms with Gasteiger partial charge in [-0.2, -0.15) is 0 Å². The smallest absolute Gasteiger partial charge is 0.295 e. The van der Waals surface area contributed by atoms with Crippen molar-refractivity contribution in [2.45, 2.75) is 12.5 Å². The van der Waals surface area contributed by atoms with Gasteiger partial charge in [-0.25, -0.2) is 4.39 Å². The Labute approximate surface area is 162 Å². The number of ketones is 1. The van der Waals surface area contributed by atoms with Crippen LogP contribution in [0, 0.1) is 5.82 Å². The molecule has 2 heterocycles. The monoisotopic (exact) mass is 384 g/mol. The Balaban J connectivity index is 2.06. The van der Waals surface area contributed by atoms with E-state index in [0.29, 0.717) is 18.7 Å². The summed E-state index contributed by atoms with van der Waals surface area (Å²) in [5.41, 5.74) is 0.758. The van der Waals surface area contributed by atoms with Gasteiger partial charge in [0.1, 0.15) is 17.6 Å². The second-order valence-corrected chi connectivity index (χ2v) is 7.06. The average Bonchev–Trinajstić information content (AvgIpc) is 2.93. The fraction of sp³-hybridized carbons (Fsp3) is 0.286. The molecule has 7 heteroatoms. The molecule has 0 radical (unpaired) electrons. The van der Waals surface area contributed by atoms with Crippen LogP contribution in [0.3, 0.4) is 0 Å². The van der Waals surface area contributed by atoms with Crippen LogP contribution in [-0.4, -0.2) is 53.9 Å². The van der Waals surface area contributed by atoms with Crippen molar-refractivity contribution in [3.05, 3.63) is 71.3 Å². The Morgan fingerprint density at radius 3 is 2.50 bits per heavy atom. The van der Waals surface area contributed by atoms with Gasteiger partial charge >= 0.3 is 0 Å². The minimum Gasteiger partial charge on any atom is -0.507 e. The van der Waals surface area contributed by atoms with Crippen molar-refractivity contribution in [3.63, 3.8) is 0 Å². The van der Waals surface area contributed by atoms with Gasteiger partial charge in [-0.05, 0) is 36.4 Å². The zero-order chi connectivity index (χ0) is 20.3. The Kier molecular flexibility index (Phi) is 5.84. The predicted octanol–water partition coefficient (Wildman–Crippen LogP) is 1.18. The predicted molar refractivity (Wildman–Crippen MR) is 102 cm³/mol. The number of nitrogens with zero attached hydrogens (tertiary/aromatic N) is 2. The number of pyridine rings is 1. The molecule has 0 aliphatic carbocycles. The molecule has 1 atom stereocenters. The Morgan fingerprint density at radius 1 is 1.18 bits per heavy atom. The first kappa shape index (κ1) is 19.7. The van der Waals surface area contributed by atoms with E-state index < -0.39 is 23.5 Å². The van der Waals surface area contributed by atoms with Crippen LogP contribution in [0.4, 0.5) is 4.39 Å². The summed E-state index contributed by atoms with van der Waals surface area (Å²) < 4.78 is 13.2. The van der Waals surface area contributed by atoms with E-state index in [2.05, 4.69) is 4.98 Å². The number of hydrogen-bond donors (Lipinski definition) is 2. The van der Waals surface area contributed by atoms with Crippen LogP contribution in [-0.2, 0) is 9.59 Å². The largest absolute Gasteiger partial charge is 0.507 e. The van der Waals surface area contributed by atoms with E-state index in [1.165, 1.54) is 34.1 Å². The van der Waals surface area contributed by atoms with E-state index in [9.17, 15) is 19.1 Å². The summed E-state index contributed by atoms with van der Waals surface area (Å²) in [5, 5.41) is 10.8. The molecule has 1 aromatic heterocycles. The van der Waals surface area contributed by atoms with Crippen LogP contribution in [0.2, 0.25) is 0 Å². The van der Waals surface area contributed by atoms with E-state index in [4.69, 9.17) is 0 Å². The maximum absolute atomic E-state index is 13.2. The maximum Gasteiger partial charge on any atom is 0.295 e. The Bertz CT molecular complexity index is 895. The molecule has 1 aliphatic rings. The van der Waals surface area contributed by atoms with Crippen molar-refractivity contribution in [1.29, 1.82) is 0 Å². The number of rotatable bonds is 6. The van der Waals surface area contributed by atoms with Crippen LogP contribution < -0.4 is 4.90 Å². The molecule has 0 spiro atoms. The second-order valence-electron chi connectivity index (χ2n) is 7.06. The summed E-state index contributed by atoms with van der Waals surface area (Å²) in [6.07, 6.45) is 2.28. The SMILES string of the molecule is C[NH+](C)CCCN1C(=O)C(=O)C(=C(O)c2ccc(F)cc2)[C@H]1c1ccccn1. The number of nitrogens with one attached hydrogen (secondary N) is 1. The number of Topliss-reactive ketones (excluding diaryl/α,β-unsaturated/α-hetero) is 1. The van der Waals surface area contributed by atoms with Gasteiger partial charge in [-0.3, -0.25) is 14.6 Å². The standard InChI is InChI=1S/C21H22FN3O3/c1-24(2)12-5-13-25-18(16-6-3-4-11-23-16)17(20(27)21(25)28)19(26)14-7-9-15(22)10-8-14/h3-4,6-11,18,26H,5,12-13H2,1-2H3/p+1/t18-/m1/s1. The number of likely N-dealkylation sites (tertiary alicyclic amines) is 1. The van der Waals surface area contributed by atoms with Crippen molar-refractivity contribution >= 4 is 17.4 Å². The second kappa shape index (κ2) is 8.31. The zero-order valence-electron chi connectivity index (χ0n) is 15.9. The van der Waals surface area contributed by atoms with Crippen LogP contribution >= 0.6 is 0 Å². The molecule has 2 aromatic rings. The quantitative estimate of drug-likeness (QED) is 0.446. The van der Waals surface area contributed by atoms with Crippen LogP contribution in [0.15, 0.2) is 54.2 Å². The Morgan fingerprint density at radius 2 is 1.89 bits per heavy atom. The molecular formula is C21H23FN3O3+. The number of hydrogen-bond acceptors (Lipinski definition) is 4. The minimum atomic E-state index is -0.775. The summed E-state index contributed by atoms with van der Waals surface area (Å²) in [5.74, 6) is -2.19. The molecule has 146 valence electrons. The first-order valence-electron chi connectivity index (χ1n) is 9.14. The normalized spacial score (nSPS) is 18.9. The lowest BCUT2D eigenvalue weighted by atomic mass is 9.98.